The molecule has 0 atom stereocenters. The lowest BCUT2D eigenvalue weighted by Crippen LogP contribution is -2.20. The first kappa shape index (κ1) is 24.6. The van der Waals surface area contributed by atoms with Gasteiger partial charge in [0.15, 0.2) is 5.71 Å². The van der Waals surface area contributed by atoms with Gasteiger partial charge >= 0.3 is 6.18 Å². The summed E-state index contributed by atoms with van der Waals surface area (Å²) >= 11 is 0. The molecule has 10 heteroatoms. The van der Waals surface area contributed by atoms with Crippen molar-refractivity contribution >= 4 is 23.5 Å². The van der Waals surface area contributed by atoms with Crippen LogP contribution < -0.4 is 0 Å². The van der Waals surface area contributed by atoms with Crippen molar-refractivity contribution in [1.82, 2.24) is 0 Å². The summed E-state index contributed by atoms with van der Waals surface area (Å²) in [4.78, 5) is 9.98. The number of oxime groups is 2. The molecule has 2 aromatic carbocycles. The molecule has 0 aliphatic heterocycles. The van der Waals surface area contributed by atoms with E-state index in [1.54, 1.807) is 38.1 Å². The van der Waals surface area contributed by atoms with E-state index in [2.05, 4.69) is 20.5 Å². The van der Waals surface area contributed by atoms with Crippen LogP contribution in [0.15, 0.2) is 69.0 Å². The smallest absolute Gasteiger partial charge is 0.416 e. The van der Waals surface area contributed by atoms with Crippen molar-refractivity contribution in [1.29, 1.82) is 0 Å². The van der Waals surface area contributed by atoms with Crippen molar-refractivity contribution in [2.75, 3.05) is 20.8 Å². The van der Waals surface area contributed by atoms with E-state index in [9.17, 15) is 13.2 Å². The first-order valence-corrected chi connectivity index (χ1v) is 9.51. The maximum absolute atomic E-state index is 12.9. The van der Waals surface area contributed by atoms with Gasteiger partial charge in [0, 0.05) is 11.1 Å². The molecule has 0 N–H and O–H groups in total. The SMILES string of the molecule is CCO/N=C(OC)/C(=N/OC)c1ccccc1/C=N/N=C(\C)c1cccc(C(F)(F)F)c1. The van der Waals surface area contributed by atoms with Gasteiger partial charge in [0.05, 0.1) is 24.6 Å². The van der Waals surface area contributed by atoms with E-state index in [1.807, 2.05) is 0 Å². The van der Waals surface area contributed by atoms with Gasteiger partial charge in [-0.1, -0.05) is 41.6 Å². The largest absolute Gasteiger partial charge is 0.477 e. The quantitative estimate of drug-likeness (QED) is 0.328. The Balaban J connectivity index is 2.38. The maximum atomic E-state index is 12.9. The lowest BCUT2D eigenvalue weighted by Gasteiger charge is -2.10. The molecule has 2 aromatic rings. The summed E-state index contributed by atoms with van der Waals surface area (Å²) in [5.74, 6) is 0.0956. The van der Waals surface area contributed by atoms with E-state index in [4.69, 9.17) is 14.4 Å². The van der Waals surface area contributed by atoms with E-state index < -0.39 is 11.7 Å². The van der Waals surface area contributed by atoms with Gasteiger partial charge in [-0.2, -0.15) is 23.4 Å². The molecular weight excluding hydrogens is 425 g/mol. The van der Waals surface area contributed by atoms with Gasteiger partial charge in [0.2, 0.25) is 0 Å². The molecule has 0 unspecified atom stereocenters. The van der Waals surface area contributed by atoms with Crippen LogP contribution in [0.1, 0.15) is 36.1 Å². The molecular formula is C22H23F3N4O3. The zero-order chi connectivity index (χ0) is 23.6. The number of methoxy groups -OCH3 is 1. The monoisotopic (exact) mass is 448 g/mol. The lowest BCUT2D eigenvalue weighted by molar-refractivity contribution is -0.137. The van der Waals surface area contributed by atoms with Crippen LogP contribution in [0, 0.1) is 0 Å². The zero-order valence-corrected chi connectivity index (χ0v) is 18.1. The van der Waals surface area contributed by atoms with E-state index in [0.29, 0.717) is 29.0 Å². The van der Waals surface area contributed by atoms with Crippen LogP contribution in [0.25, 0.3) is 0 Å². The van der Waals surface area contributed by atoms with Crippen molar-refractivity contribution in [3.05, 3.63) is 70.8 Å². The Bertz CT molecular complexity index is 1030. The minimum Gasteiger partial charge on any atom is -0.477 e. The Morgan fingerprint density at radius 3 is 2.44 bits per heavy atom. The Kier molecular flexibility index (Phi) is 8.94. The highest BCUT2D eigenvalue weighted by atomic mass is 19.4. The Morgan fingerprint density at radius 1 is 1.03 bits per heavy atom. The molecule has 0 aliphatic carbocycles. The van der Waals surface area contributed by atoms with Crippen molar-refractivity contribution < 1.29 is 27.6 Å². The standard InChI is InChI=1S/C22H23F3N4O3/c1-5-32-29-21(30-3)20(28-31-4)19-12-7-6-9-17(19)14-26-27-15(2)16-10-8-11-18(13-16)22(23,24)25/h6-14H,5H2,1-4H3/b26-14+,27-15+,28-20+,29-21-. The topological polar surface area (TPSA) is 77.1 Å². The molecule has 32 heavy (non-hydrogen) atoms. The van der Waals surface area contributed by atoms with E-state index in [0.717, 1.165) is 12.1 Å². The molecule has 2 rings (SSSR count). The molecule has 170 valence electrons. The van der Waals surface area contributed by atoms with Crippen LogP contribution in [-0.2, 0) is 20.6 Å². The van der Waals surface area contributed by atoms with Gasteiger partial charge < -0.3 is 14.4 Å². The van der Waals surface area contributed by atoms with Gasteiger partial charge in [-0.3, -0.25) is 0 Å². The van der Waals surface area contributed by atoms with Gasteiger partial charge in [-0.15, -0.1) is 0 Å². The Labute approximate surface area is 183 Å². The number of alkyl halides is 3. The molecule has 0 aromatic heterocycles. The normalized spacial score (nSPS) is 13.4. The first-order chi connectivity index (χ1) is 15.3. The average molecular weight is 448 g/mol. The molecule has 7 nitrogen and oxygen atoms in total. The third kappa shape index (κ3) is 6.66. The lowest BCUT2D eigenvalue weighted by atomic mass is 10.0. The van der Waals surface area contributed by atoms with Crippen LogP contribution >= 0.6 is 0 Å². The second kappa shape index (κ2) is 11.6. The molecule has 0 saturated carbocycles. The number of hydrogen-bond donors (Lipinski definition) is 0. The molecule has 0 aliphatic rings. The molecule has 0 radical (unpaired) electrons. The van der Waals surface area contributed by atoms with E-state index in [-0.39, 0.29) is 11.6 Å². The second-order valence-electron chi connectivity index (χ2n) is 6.24. The summed E-state index contributed by atoms with van der Waals surface area (Å²) < 4.78 is 44.1. The van der Waals surface area contributed by atoms with Gasteiger partial charge in [0.25, 0.3) is 5.90 Å². The Morgan fingerprint density at radius 2 is 1.78 bits per heavy atom. The van der Waals surface area contributed by atoms with Crippen LogP contribution in [0.2, 0.25) is 0 Å². The predicted molar refractivity (Wildman–Crippen MR) is 117 cm³/mol. The van der Waals surface area contributed by atoms with Crippen molar-refractivity contribution in [3.63, 3.8) is 0 Å². The molecule has 0 saturated heterocycles. The maximum Gasteiger partial charge on any atom is 0.416 e. The molecule has 0 fully saturated rings. The van der Waals surface area contributed by atoms with E-state index in [1.165, 1.54) is 32.6 Å². The van der Waals surface area contributed by atoms with Crippen LogP contribution in [-0.4, -0.2) is 44.4 Å². The van der Waals surface area contributed by atoms with E-state index >= 15 is 0 Å². The van der Waals surface area contributed by atoms with Crippen LogP contribution in [0.4, 0.5) is 13.2 Å². The highest BCUT2D eigenvalue weighted by molar-refractivity contribution is 6.46. The minimum atomic E-state index is -4.43. The highest BCUT2D eigenvalue weighted by Gasteiger charge is 2.30. The molecule has 0 amide bonds. The number of nitrogens with zero attached hydrogens (tertiary/aromatic N) is 4. The summed E-state index contributed by atoms with van der Waals surface area (Å²) in [7, 11) is 2.80. The zero-order valence-electron chi connectivity index (χ0n) is 18.1. The van der Waals surface area contributed by atoms with Gasteiger partial charge in [-0.25, -0.2) is 0 Å². The second-order valence-corrected chi connectivity index (χ2v) is 6.24. The number of benzene rings is 2. The predicted octanol–water partition coefficient (Wildman–Crippen LogP) is 4.90. The molecule has 0 heterocycles. The first-order valence-electron chi connectivity index (χ1n) is 9.51. The van der Waals surface area contributed by atoms with Gasteiger partial charge in [0.1, 0.15) is 13.7 Å². The third-order valence-corrected chi connectivity index (χ3v) is 4.08. The van der Waals surface area contributed by atoms with Crippen LogP contribution in [0.5, 0.6) is 0 Å². The fraction of sp³-hybridized carbons (Fsp3) is 0.273. The number of halogens is 3. The summed E-state index contributed by atoms with van der Waals surface area (Å²) in [5.41, 5.74) is 1.34. The van der Waals surface area contributed by atoms with Crippen molar-refractivity contribution in [2.24, 2.45) is 20.5 Å². The van der Waals surface area contributed by atoms with Gasteiger partial charge in [-0.05, 0) is 36.7 Å². The number of rotatable bonds is 8. The minimum absolute atomic E-state index is 0.0956. The molecule has 0 spiro atoms. The van der Waals surface area contributed by atoms with Crippen LogP contribution in [0.3, 0.4) is 0 Å². The molecule has 0 bridgehead atoms. The van der Waals surface area contributed by atoms with Crippen molar-refractivity contribution in [3.8, 4) is 0 Å². The fourth-order valence-corrected chi connectivity index (χ4v) is 2.58. The summed E-state index contributed by atoms with van der Waals surface area (Å²) in [6.45, 7) is 3.68. The summed E-state index contributed by atoms with van der Waals surface area (Å²) in [5, 5.41) is 15.9. The third-order valence-electron chi connectivity index (χ3n) is 4.08. The fourth-order valence-electron chi connectivity index (χ4n) is 2.58. The average Bonchev–Trinajstić information content (AvgIpc) is 2.78. The summed E-state index contributed by atoms with van der Waals surface area (Å²) in [6.07, 6.45) is -2.98. The van der Waals surface area contributed by atoms with Crippen molar-refractivity contribution in [2.45, 2.75) is 20.0 Å². The summed E-state index contributed by atoms with van der Waals surface area (Å²) in [6, 6.07) is 12.0. The number of hydrogen-bond acceptors (Lipinski definition) is 7. The Hall–Kier alpha value is -3.69. The number of ether oxygens (including phenoxy) is 1. The highest BCUT2D eigenvalue weighted by Crippen LogP contribution is 2.29.